The van der Waals surface area contributed by atoms with Gasteiger partial charge in [0.1, 0.15) is 11.6 Å². The molecule has 4 rings (SSSR count). The van der Waals surface area contributed by atoms with Crippen molar-refractivity contribution < 1.29 is 13.6 Å². The molecule has 1 saturated heterocycles. The number of hydrogen-bond acceptors (Lipinski definition) is 3. The molecule has 0 unspecified atom stereocenters. The van der Waals surface area contributed by atoms with Gasteiger partial charge in [0.2, 0.25) is 0 Å². The molecular weight excluding hydrogens is 372 g/mol. The molecule has 2 atom stereocenters. The van der Waals surface area contributed by atoms with Crippen LogP contribution in [0.15, 0.2) is 53.6 Å². The van der Waals surface area contributed by atoms with Crippen molar-refractivity contribution in [2.45, 2.75) is 44.7 Å². The second-order valence-electron chi connectivity index (χ2n) is 7.88. The van der Waals surface area contributed by atoms with Gasteiger partial charge in [0, 0.05) is 12.5 Å². The third kappa shape index (κ3) is 4.37. The highest BCUT2D eigenvalue weighted by Gasteiger charge is 2.34. The summed E-state index contributed by atoms with van der Waals surface area (Å²) >= 11 is 0. The van der Waals surface area contributed by atoms with E-state index in [1.54, 1.807) is 24.3 Å². The van der Waals surface area contributed by atoms with E-state index in [0.717, 1.165) is 36.2 Å². The summed E-state index contributed by atoms with van der Waals surface area (Å²) in [6, 6.07) is 12.4. The van der Waals surface area contributed by atoms with Crippen LogP contribution in [0.5, 0.6) is 0 Å². The molecule has 0 radical (unpaired) electrons. The van der Waals surface area contributed by atoms with Gasteiger partial charge in [-0.3, -0.25) is 9.69 Å². The Morgan fingerprint density at radius 1 is 1.03 bits per heavy atom. The fraction of sp³-hybridized carbons (Fsp3) is 0.391. The average Bonchev–Trinajstić information content (AvgIpc) is 3.16. The Morgan fingerprint density at radius 2 is 1.69 bits per heavy atom. The first kappa shape index (κ1) is 19.7. The predicted molar refractivity (Wildman–Crippen MR) is 108 cm³/mol. The number of rotatable bonds is 4. The van der Waals surface area contributed by atoms with E-state index in [0.29, 0.717) is 19.0 Å². The van der Waals surface area contributed by atoms with Crippen molar-refractivity contribution in [2.75, 3.05) is 13.1 Å². The molecule has 0 aliphatic carbocycles. The van der Waals surface area contributed by atoms with Gasteiger partial charge >= 0.3 is 0 Å². The fourth-order valence-electron chi connectivity index (χ4n) is 4.14. The molecule has 2 aromatic carbocycles. The van der Waals surface area contributed by atoms with Gasteiger partial charge in [0.05, 0.1) is 18.3 Å². The second kappa shape index (κ2) is 8.41. The number of benzene rings is 2. The summed E-state index contributed by atoms with van der Waals surface area (Å²) in [6.45, 7) is 3.39. The number of amides is 1. The number of hydrazone groups is 1. The largest absolute Gasteiger partial charge is 0.292 e. The van der Waals surface area contributed by atoms with E-state index in [1.807, 2.05) is 0 Å². The Hall–Kier alpha value is -2.60. The maximum atomic E-state index is 13.4. The van der Waals surface area contributed by atoms with E-state index in [9.17, 15) is 13.6 Å². The third-order valence-corrected chi connectivity index (χ3v) is 5.88. The minimum atomic E-state index is -0.313. The summed E-state index contributed by atoms with van der Waals surface area (Å²) in [5.41, 5.74) is 2.37. The quantitative estimate of drug-likeness (QED) is 0.761. The summed E-state index contributed by atoms with van der Waals surface area (Å²) < 4.78 is 26.7. The van der Waals surface area contributed by atoms with Crippen LogP contribution in [-0.4, -0.2) is 40.7 Å². The normalized spacial score (nSPS) is 22.6. The lowest BCUT2D eigenvalue weighted by atomic mass is 9.98. The molecule has 152 valence electrons. The predicted octanol–water partition coefficient (Wildman–Crippen LogP) is 4.52. The summed E-state index contributed by atoms with van der Waals surface area (Å²) in [6.07, 6.45) is 3.90. The van der Waals surface area contributed by atoms with Gasteiger partial charge in [-0.2, -0.15) is 5.10 Å². The molecule has 4 nitrogen and oxygen atoms in total. The molecule has 2 aromatic rings. The zero-order valence-corrected chi connectivity index (χ0v) is 16.5. The van der Waals surface area contributed by atoms with Gasteiger partial charge in [-0.15, -0.1) is 0 Å². The van der Waals surface area contributed by atoms with E-state index in [2.05, 4.69) is 16.9 Å². The molecule has 2 heterocycles. The molecule has 29 heavy (non-hydrogen) atoms. The van der Waals surface area contributed by atoms with E-state index in [4.69, 9.17) is 0 Å². The maximum Gasteiger partial charge on any atom is 0.257 e. The highest BCUT2D eigenvalue weighted by atomic mass is 19.1. The number of carbonyl (C=O) groups excluding carboxylic acids is 1. The van der Waals surface area contributed by atoms with Crippen LogP contribution in [0.3, 0.4) is 0 Å². The average molecular weight is 397 g/mol. The van der Waals surface area contributed by atoms with Crippen LogP contribution >= 0.6 is 0 Å². The first-order valence-electron chi connectivity index (χ1n) is 10.2. The van der Waals surface area contributed by atoms with Crippen molar-refractivity contribution in [1.82, 2.24) is 9.91 Å². The van der Waals surface area contributed by atoms with Crippen molar-refractivity contribution in [2.24, 2.45) is 5.10 Å². The van der Waals surface area contributed by atoms with Crippen molar-refractivity contribution in [3.63, 3.8) is 0 Å². The van der Waals surface area contributed by atoms with Gasteiger partial charge in [-0.05, 0) is 61.7 Å². The lowest BCUT2D eigenvalue weighted by Crippen LogP contribution is -2.44. The van der Waals surface area contributed by atoms with Gasteiger partial charge in [0.15, 0.2) is 0 Å². The summed E-state index contributed by atoms with van der Waals surface area (Å²) in [5, 5.41) is 6.15. The zero-order chi connectivity index (χ0) is 20.4. The Morgan fingerprint density at radius 3 is 2.34 bits per heavy atom. The highest BCUT2D eigenvalue weighted by molar-refractivity contribution is 6.03. The summed E-state index contributed by atoms with van der Waals surface area (Å²) in [4.78, 5) is 15.4. The molecule has 6 heteroatoms. The lowest BCUT2D eigenvalue weighted by molar-refractivity contribution is -0.135. The second-order valence-corrected chi connectivity index (χ2v) is 7.88. The van der Waals surface area contributed by atoms with E-state index in [1.165, 1.54) is 35.7 Å². The van der Waals surface area contributed by atoms with Crippen molar-refractivity contribution in [1.29, 1.82) is 0 Å². The molecule has 0 N–H and O–H groups in total. The molecular formula is C23H25F2N3O. The van der Waals surface area contributed by atoms with Crippen LogP contribution in [0, 0.1) is 11.6 Å². The van der Waals surface area contributed by atoms with Crippen LogP contribution in [0.4, 0.5) is 8.78 Å². The summed E-state index contributed by atoms with van der Waals surface area (Å²) in [5.74, 6) is -0.689. The monoisotopic (exact) mass is 397 g/mol. The molecule has 0 saturated carbocycles. The molecule has 0 spiro atoms. The SMILES string of the molecule is C[C@@H]1CCCCN1CC(=O)N1N=C(c2ccc(F)cc2)C[C@H]1c1ccc(F)cc1. The number of nitrogens with zero attached hydrogens (tertiary/aromatic N) is 3. The number of likely N-dealkylation sites (tertiary alicyclic amines) is 1. The van der Waals surface area contributed by atoms with Gasteiger partial charge < -0.3 is 0 Å². The molecule has 1 fully saturated rings. The summed E-state index contributed by atoms with van der Waals surface area (Å²) in [7, 11) is 0. The third-order valence-electron chi connectivity index (χ3n) is 5.88. The maximum absolute atomic E-state index is 13.4. The van der Waals surface area contributed by atoms with Gasteiger partial charge in [0.25, 0.3) is 5.91 Å². The molecule has 1 amide bonds. The van der Waals surface area contributed by atoms with E-state index < -0.39 is 0 Å². The molecule has 2 aliphatic rings. The van der Waals surface area contributed by atoms with E-state index in [-0.39, 0.29) is 23.6 Å². The Kier molecular flexibility index (Phi) is 5.72. The molecule has 2 aliphatic heterocycles. The van der Waals surface area contributed by atoms with Crippen LogP contribution in [0.25, 0.3) is 0 Å². The first-order valence-corrected chi connectivity index (χ1v) is 10.2. The lowest BCUT2D eigenvalue weighted by Gasteiger charge is -2.34. The fourth-order valence-corrected chi connectivity index (χ4v) is 4.14. The topological polar surface area (TPSA) is 35.9 Å². The first-order chi connectivity index (χ1) is 14.0. The van der Waals surface area contributed by atoms with Crippen LogP contribution in [-0.2, 0) is 4.79 Å². The Balaban J connectivity index is 1.60. The molecule has 0 bridgehead atoms. The Bertz CT molecular complexity index is 895. The standard InChI is InChI=1S/C23H25F2N3O/c1-16-4-2-3-13-27(16)15-23(29)28-22(18-7-11-20(25)12-8-18)14-21(26-28)17-5-9-19(24)10-6-17/h5-12,16,22H,2-4,13-15H2,1H3/t16-,22+/m1/s1. The van der Waals surface area contributed by atoms with Gasteiger partial charge in [-0.25, -0.2) is 13.8 Å². The number of carbonyl (C=O) groups is 1. The molecule has 0 aromatic heterocycles. The minimum Gasteiger partial charge on any atom is -0.292 e. The van der Waals surface area contributed by atoms with Gasteiger partial charge in [-0.1, -0.05) is 30.7 Å². The van der Waals surface area contributed by atoms with Crippen LogP contribution < -0.4 is 0 Å². The van der Waals surface area contributed by atoms with Crippen molar-refractivity contribution >= 4 is 11.6 Å². The van der Waals surface area contributed by atoms with Crippen LogP contribution in [0.1, 0.15) is 49.8 Å². The van der Waals surface area contributed by atoms with Crippen molar-refractivity contribution in [3.05, 3.63) is 71.3 Å². The zero-order valence-electron chi connectivity index (χ0n) is 16.5. The minimum absolute atomic E-state index is 0.0646. The smallest absolute Gasteiger partial charge is 0.257 e. The van der Waals surface area contributed by atoms with E-state index >= 15 is 0 Å². The number of piperidine rings is 1. The number of hydrogen-bond donors (Lipinski definition) is 0. The highest BCUT2D eigenvalue weighted by Crippen LogP contribution is 2.33. The number of halogens is 2. The Labute approximate surface area is 169 Å². The van der Waals surface area contributed by atoms with Crippen LogP contribution in [0.2, 0.25) is 0 Å². The van der Waals surface area contributed by atoms with Crippen molar-refractivity contribution in [3.8, 4) is 0 Å².